The smallest absolute Gasteiger partial charge is 0.106 e. The lowest BCUT2D eigenvalue weighted by Crippen LogP contribution is -1.85. The maximum atomic E-state index is 8.59. The number of aromatic nitrogens is 3. The lowest BCUT2D eigenvalue weighted by Gasteiger charge is -1.93. The first-order valence-corrected chi connectivity index (χ1v) is 3.09. The molecule has 0 aliphatic carbocycles. The van der Waals surface area contributed by atoms with Crippen LogP contribution in [0.1, 0.15) is 5.56 Å². The van der Waals surface area contributed by atoms with E-state index >= 15 is 0 Å². The Morgan fingerprint density at radius 2 is 2.36 bits per heavy atom. The summed E-state index contributed by atoms with van der Waals surface area (Å²) in [5.74, 6) is 0. The molecule has 0 spiro atoms. The topological polar surface area (TPSA) is 65.4 Å². The minimum absolute atomic E-state index is 0.558. The van der Waals surface area contributed by atoms with Gasteiger partial charge < -0.3 is 4.98 Å². The number of hydrogen-bond acceptors (Lipinski definition) is 3. The normalized spacial score (nSPS) is 9.73. The van der Waals surface area contributed by atoms with Gasteiger partial charge in [-0.3, -0.25) is 4.98 Å². The van der Waals surface area contributed by atoms with Gasteiger partial charge in [-0.05, 0) is 0 Å². The van der Waals surface area contributed by atoms with E-state index < -0.39 is 0 Å². The molecule has 2 rings (SSSR count). The first-order valence-electron chi connectivity index (χ1n) is 3.09. The summed E-state index contributed by atoms with van der Waals surface area (Å²) in [6.07, 6.45) is 4.68. The number of nitriles is 1. The average Bonchev–Trinajstić information content (AvgIpc) is 2.47. The lowest BCUT2D eigenvalue weighted by atomic mass is 10.2. The molecule has 0 atom stereocenters. The van der Waals surface area contributed by atoms with E-state index in [0.717, 1.165) is 11.4 Å². The van der Waals surface area contributed by atoms with E-state index in [9.17, 15) is 0 Å². The number of fused-ring (bicyclic) bond motifs is 1. The zero-order valence-corrected chi connectivity index (χ0v) is 5.57. The number of nitrogens with one attached hydrogen (secondary N) is 1. The van der Waals surface area contributed by atoms with Gasteiger partial charge in [0, 0.05) is 6.20 Å². The van der Waals surface area contributed by atoms with Gasteiger partial charge in [0.1, 0.15) is 11.8 Å². The van der Waals surface area contributed by atoms with Gasteiger partial charge in [0.25, 0.3) is 0 Å². The zero-order chi connectivity index (χ0) is 7.68. The SMILES string of the molecule is N#Cc1cnc2cnc[nH]c1-2. The summed E-state index contributed by atoms with van der Waals surface area (Å²) in [5, 5.41) is 8.59. The van der Waals surface area contributed by atoms with E-state index in [1.165, 1.54) is 12.5 Å². The molecule has 0 fully saturated rings. The van der Waals surface area contributed by atoms with Crippen LogP contribution in [0.3, 0.4) is 0 Å². The van der Waals surface area contributed by atoms with Crippen molar-refractivity contribution in [3.8, 4) is 17.5 Å². The highest BCUT2D eigenvalue weighted by Crippen LogP contribution is 2.19. The summed E-state index contributed by atoms with van der Waals surface area (Å²) in [6, 6.07) is 2.03. The van der Waals surface area contributed by atoms with E-state index in [1.807, 2.05) is 6.07 Å². The molecule has 0 unspecified atom stereocenters. The van der Waals surface area contributed by atoms with E-state index in [-0.39, 0.29) is 0 Å². The molecule has 1 N–H and O–H groups in total. The second-order valence-electron chi connectivity index (χ2n) is 2.10. The Morgan fingerprint density at radius 3 is 3.18 bits per heavy atom. The van der Waals surface area contributed by atoms with Gasteiger partial charge in [-0.2, -0.15) is 5.26 Å². The van der Waals surface area contributed by atoms with Gasteiger partial charge in [-0.1, -0.05) is 0 Å². The number of H-pyrrole nitrogens is 1. The molecule has 2 heterocycles. The minimum atomic E-state index is 0.558. The molecule has 11 heavy (non-hydrogen) atoms. The van der Waals surface area contributed by atoms with E-state index in [1.54, 1.807) is 6.20 Å². The Morgan fingerprint density at radius 1 is 1.45 bits per heavy atom. The standard InChI is InChI=1S/C7H4N4/c8-1-5-2-10-6-3-9-4-11-7(5)6/h2-4H,(H,9,11). The number of nitrogens with zero attached hydrogens (tertiary/aromatic N) is 3. The summed E-state index contributed by atoms with van der Waals surface area (Å²) in [6.45, 7) is 0. The Balaban J connectivity index is 2.76. The van der Waals surface area contributed by atoms with Crippen molar-refractivity contribution in [1.82, 2.24) is 15.0 Å². The second kappa shape index (κ2) is 2.06. The molecule has 0 aromatic rings. The fourth-order valence-corrected chi connectivity index (χ4v) is 0.945. The monoisotopic (exact) mass is 144 g/mol. The molecule has 2 aliphatic rings. The van der Waals surface area contributed by atoms with Crippen molar-refractivity contribution in [2.45, 2.75) is 0 Å². The van der Waals surface area contributed by atoms with Crippen LogP contribution >= 0.6 is 0 Å². The second-order valence-corrected chi connectivity index (χ2v) is 2.10. The summed E-state index contributed by atoms with van der Waals surface area (Å²) in [7, 11) is 0. The van der Waals surface area contributed by atoms with Crippen molar-refractivity contribution in [1.29, 1.82) is 5.26 Å². The molecule has 0 radical (unpaired) electrons. The lowest BCUT2D eigenvalue weighted by molar-refractivity contribution is 1.15. The molecular weight excluding hydrogens is 140 g/mol. The van der Waals surface area contributed by atoms with Crippen LogP contribution in [-0.4, -0.2) is 15.0 Å². The molecule has 0 saturated heterocycles. The third kappa shape index (κ3) is 0.749. The van der Waals surface area contributed by atoms with Gasteiger partial charge in [0.15, 0.2) is 0 Å². The maximum Gasteiger partial charge on any atom is 0.106 e. The largest absolute Gasteiger partial charge is 0.343 e. The summed E-state index contributed by atoms with van der Waals surface area (Å²) < 4.78 is 0. The first kappa shape index (κ1) is 5.86. The third-order valence-corrected chi connectivity index (χ3v) is 1.46. The molecule has 4 nitrogen and oxygen atoms in total. The molecular formula is C7H4N4. The van der Waals surface area contributed by atoms with E-state index in [0.29, 0.717) is 5.56 Å². The zero-order valence-electron chi connectivity index (χ0n) is 5.57. The quantitative estimate of drug-likeness (QED) is 0.594. The predicted molar refractivity (Wildman–Crippen MR) is 37.7 cm³/mol. The van der Waals surface area contributed by atoms with Crippen LogP contribution in [0.5, 0.6) is 0 Å². The van der Waals surface area contributed by atoms with Crippen molar-refractivity contribution >= 4 is 0 Å². The van der Waals surface area contributed by atoms with Crippen molar-refractivity contribution in [2.24, 2.45) is 0 Å². The van der Waals surface area contributed by atoms with Crippen LogP contribution in [0.4, 0.5) is 0 Å². The highest BCUT2D eigenvalue weighted by molar-refractivity contribution is 5.63. The molecule has 0 amide bonds. The van der Waals surface area contributed by atoms with E-state index in [2.05, 4.69) is 15.0 Å². The van der Waals surface area contributed by atoms with Crippen LogP contribution < -0.4 is 0 Å². The first-order chi connectivity index (χ1) is 5.42. The highest BCUT2D eigenvalue weighted by atomic mass is 14.9. The molecule has 2 aliphatic heterocycles. The molecule has 0 aromatic carbocycles. The highest BCUT2D eigenvalue weighted by Gasteiger charge is 2.09. The van der Waals surface area contributed by atoms with Crippen molar-refractivity contribution < 1.29 is 0 Å². The summed E-state index contributed by atoms with van der Waals surface area (Å²) in [4.78, 5) is 10.7. The van der Waals surface area contributed by atoms with Crippen molar-refractivity contribution in [3.05, 3.63) is 24.3 Å². The van der Waals surface area contributed by atoms with Gasteiger partial charge in [-0.15, -0.1) is 0 Å². The van der Waals surface area contributed by atoms with Gasteiger partial charge >= 0.3 is 0 Å². The van der Waals surface area contributed by atoms with Crippen LogP contribution in [-0.2, 0) is 0 Å². The van der Waals surface area contributed by atoms with Crippen LogP contribution in [0.2, 0.25) is 0 Å². The third-order valence-electron chi connectivity index (χ3n) is 1.46. The van der Waals surface area contributed by atoms with Gasteiger partial charge in [0.05, 0.1) is 23.8 Å². The fourth-order valence-electron chi connectivity index (χ4n) is 0.945. The Labute approximate surface area is 62.9 Å². The van der Waals surface area contributed by atoms with E-state index in [4.69, 9.17) is 5.26 Å². The Hall–Kier alpha value is -1.89. The van der Waals surface area contributed by atoms with Crippen molar-refractivity contribution in [2.75, 3.05) is 0 Å². The average molecular weight is 144 g/mol. The van der Waals surface area contributed by atoms with Crippen LogP contribution in [0.15, 0.2) is 18.7 Å². The minimum Gasteiger partial charge on any atom is -0.343 e. The molecule has 4 heteroatoms. The summed E-state index contributed by atoms with van der Waals surface area (Å²) >= 11 is 0. The van der Waals surface area contributed by atoms with Gasteiger partial charge in [-0.25, -0.2) is 4.98 Å². The molecule has 0 saturated carbocycles. The van der Waals surface area contributed by atoms with Crippen molar-refractivity contribution in [3.63, 3.8) is 0 Å². The molecule has 0 bridgehead atoms. The Kier molecular flexibility index (Phi) is 1.10. The number of aromatic amines is 1. The molecule has 0 aromatic heterocycles. The number of hydrogen-bond donors (Lipinski definition) is 1. The maximum absolute atomic E-state index is 8.59. The predicted octanol–water partition coefficient (Wildman–Crippen LogP) is 0.781. The molecule has 52 valence electrons. The fraction of sp³-hybridized carbons (Fsp3) is 0. The summed E-state index contributed by atoms with van der Waals surface area (Å²) in [5.41, 5.74) is 2.04. The van der Waals surface area contributed by atoms with Gasteiger partial charge in [0.2, 0.25) is 0 Å². The Bertz CT molecular complexity index is 384. The van der Waals surface area contributed by atoms with Crippen LogP contribution in [0.25, 0.3) is 11.4 Å². The van der Waals surface area contributed by atoms with Crippen LogP contribution in [0, 0.1) is 11.3 Å². The number of rotatable bonds is 0.